The third kappa shape index (κ3) is 26.8. The van der Waals surface area contributed by atoms with Gasteiger partial charge in [-0.05, 0) is 70.6 Å². The second kappa shape index (κ2) is 34.5. The molecular formula is C44H77O13P. The van der Waals surface area contributed by atoms with Crippen LogP contribution in [0.5, 0.6) is 0 Å². The largest absolute Gasteiger partial charge is 0.472 e. The lowest BCUT2D eigenvalue weighted by Gasteiger charge is -2.41. The molecule has 0 heterocycles. The van der Waals surface area contributed by atoms with Gasteiger partial charge in [0.25, 0.3) is 0 Å². The molecule has 0 saturated heterocycles. The van der Waals surface area contributed by atoms with E-state index in [4.69, 9.17) is 18.5 Å². The number of aliphatic hydroxyl groups excluding tert-OH is 5. The van der Waals surface area contributed by atoms with Crippen molar-refractivity contribution < 1.29 is 63.1 Å². The summed E-state index contributed by atoms with van der Waals surface area (Å²) in [4.78, 5) is 35.6. The van der Waals surface area contributed by atoms with Gasteiger partial charge in [-0.15, -0.1) is 0 Å². The first-order valence-corrected chi connectivity index (χ1v) is 23.4. The number of carbonyl (C=O) groups excluding carboxylic acids is 2. The first kappa shape index (κ1) is 53.8. The van der Waals surface area contributed by atoms with Crippen LogP contribution in [0.15, 0.2) is 48.6 Å². The predicted octanol–water partition coefficient (Wildman–Crippen LogP) is 8.00. The number of phosphoric acid groups is 1. The number of hydrogen-bond acceptors (Lipinski definition) is 12. The van der Waals surface area contributed by atoms with E-state index in [1.165, 1.54) is 25.7 Å². The highest BCUT2D eigenvalue weighted by Gasteiger charge is 2.51. The molecule has 0 aromatic rings. The third-order valence-corrected chi connectivity index (χ3v) is 10.9. The Hall–Kier alpha value is -2.19. The van der Waals surface area contributed by atoms with Crippen LogP contribution in [0.3, 0.4) is 0 Å². The maximum Gasteiger partial charge on any atom is 0.472 e. The fourth-order valence-corrected chi connectivity index (χ4v) is 7.27. The van der Waals surface area contributed by atoms with Crippen molar-refractivity contribution in [3.8, 4) is 0 Å². The van der Waals surface area contributed by atoms with Crippen LogP contribution in [0.2, 0.25) is 0 Å². The van der Waals surface area contributed by atoms with Crippen molar-refractivity contribution >= 4 is 19.8 Å². The van der Waals surface area contributed by atoms with Gasteiger partial charge < -0.3 is 39.9 Å². The van der Waals surface area contributed by atoms with E-state index in [1.54, 1.807) is 0 Å². The summed E-state index contributed by atoms with van der Waals surface area (Å²) in [6.45, 7) is 3.17. The standard InChI is InChI=1S/C44H77O13P/c1-3-5-7-9-11-13-15-17-18-19-21-23-25-27-29-31-33-38(46)56-36(35-55-58(52,53)57-44-42(50)40(48)39(47)41(49)43(44)51)34-54-37(45)32-30-28-26-24-22-20-16-14-12-10-8-6-4-2/h8,10,13-16,18-19,36,39-44,47-51H,3-7,9,11-12,17,20-35H2,1-2H3,(H,52,53)/b10-8-,15-13-,16-14-,19-18-. The van der Waals surface area contributed by atoms with E-state index in [-0.39, 0.29) is 12.8 Å². The van der Waals surface area contributed by atoms with Crippen molar-refractivity contribution in [3.05, 3.63) is 48.6 Å². The Balaban J connectivity index is 2.51. The molecule has 0 aromatic carbocycles. The van der Waals surface area contributed by atoms with Gasteiger partial charge in [0.15, 0.2) is 6.10 Å². The van der Waals surface area contributed by atoms with Crippen molar-refractivity contribution in [2.24, 2.45) is 0 Å². The second-order valence-corrected chi connectivity index (χ2v) is 16.6. The number of hydrogen-bond donors (Lipinski definition) is 6. The average molecular weight is 845 g/mol. The first-order valence-electron chi connectivity index (χ1n) is 21.9. The van der Waals surface area contributed by atoms with Crippen LogP contribution in [-0.2, 0) is 32.7 Å². The van der Waals surface area contributed by atoms with E-state index in [9.17, 15) is 44.6 Å². The molecule has 1 aliphatic rings. The summed E-state index contributed by atoms with van der Waals surface area (Å²) < 4.78 is 33.4. The van der Waals surface area contributed by atoms with E-state index in [0.717, 1.165) is 96.3 Å². The minimum absolute atomic E-state index is 0.0762. The van der Waals surface area contributed by atoms with Gasteiger partial charge in [0, 0.05) is 12.8 Å². The highest BCUT2D eigenvalue weighted by atomic mass is 31.2. The molecule has 0 spiro atoms. The third-order valence-electron chi connectivity index (χ3n) is 9.87. The topological polar surface area (TPSA) is 210 Å². The molecule has 1 rings (SSSR count). The van der Waals surface area contributed by atoms with E-state index < -0.39 is 75.7 Å². The molecule has 0 aliphatic heterocycles. The van der Waals surface area contributed by atoms with E-state index >= 15 is 0 Å². The van der Waals surface area contributed by atoms with Gasteiger partial charge in [-0.25, -0.2) is 4.57 Å². The second-order valence-electron chi connectivity index (χ2n) is 15.2. The Kier molecular flexibility index (Phi) is 32.0. The summed E-state index contributed by atoms with van der Waals surface area (Å²) in [7, 11) is -5.12. The first-order chi connectivity index (χ1) is 27.9. The summed E-state index contributed by atoms with van der Waals surface area (Å²) in [5, 5.41) is 50.1. The summed E-state index contributed by atoms with van der Waals surface area (Å²) in [6.07, 6.45) is 26.0. The molecule has 1 fully saturated rings. The van der Waals surface area contributed by atoms with Gasteiger partial charge in [-0.2, -0.15) is 0 Å². The zero-order valence-corrected chi connectivity index (χ0v) is 36.2. The molecule has 0 bridgehead atoms. The molecule has 1 aliphatic carbocycles. The van der Waals surface area contributed by atoms with Crippen molar-refractivity contribution in [3.63, 3.8) is 0 Å². The molecule has 1 saturated carbocycles. The predicted molar refractivity (Wildman–Crippen MR) is 226 cm³/mol. The molecule has 14 heteroatoms. The van der Waals surface area contributed by atoms with E-state index in [2.05, 4.69) is 62.5 Å². The van der Waals surface area contributed by atoms with Crippen LogP contribution in [0.25, 0.3) is 0 Å². The summed E-state index contributed by atoms with van der Waals surface area (Å²) >= 11 is 0. The smallest absolute Gasteiger partial charge is 0.462 e. The molecule has 6 unspecified atom stereocenters. The van der Waals surface area contributed by atoms with Gasteiger partial charge in [0.1, 0.15) is 43.2 Å². The number of esters is 2. The maximum absolute atomic E-state index is 12.8. The number of ether oxygens (including phenoxy) is 2. The highest BCUT2D eigenvalue weighted by Crippen LogP contribution is 2.47. The fourth-order valence-electron chi connectivity index (χ4n) is 6.29. The van der Waals surface area contributed by atoms with Crippen LogP contribution in [0.1, 0.15) is 162 Å². The molecule has 6 atom stereocenters. The van der Waals surface area contributed by atoms with Crippen LogP contribution in [0.4, 0.5) is 0 Å². The summed E-state index contributed by atoms with van der Waals surface area (Å²) in [6, 6.07) is 0. The van der Waals surface area contributed by atoms with Crippen LogP contribution in [0, 0.1) is 0 Å². The minimum Gasteiger partial charge on any atom is -0.462 e. The Labute approximate surface area is 348 Å². The Bertz CT molecular complexity index is 1210. The maximum atomic E-state index is 12.8. The lowest BCUT2D eigenvalue weighted by molar-refractivity contribution is -0.220. The van der Waals surface area contributed by atoms with Gasteiger partial charge in [0.05, 0.1) is 6.61 Å². The fraction of sp³-hybridized carbons (Fsp3) is 0.773. The van der Waals surface area contributed by atoms with Gasteiger partial charge in [-0.1, -0.05) is 127 Å². The van der Waals surface area contributed by atoms with Gasteiger partial charge in [-0.3, -0.25) is 18.6 Å². The molecule has 13 nitrogen and oxygen atoms in total. The lowest BCUT2D eigenvalue weighted by atomic mass is 9.85. The summed E-state index contributed by atoms with van der Waals surface area (Å²) in [5.74, 6) is -1.14. The quantitative estimate of drug-likeness (QED) is 0.0155. The molecule has 58 heavy (non-hydrogen) atoms. The Morgan fingerprint density at radius 3 is 1.47 bits per heavy atom. The number of allylic oxidation sites excluding steroid dienone is 8. The molecular weight excluding hydrogens is 767 g/mol. The van der Waals surface area contributed by atoms with Gasteiger partial charge >= 0.3 is 19.8 Å². The summed E-state index contributed by atoms with van der Waals surface area (Å²) in [5.41, 5.74) is 0. The Morgan fingerprint density at radius 1 is 0.534 bits per heavy atom. The van der Waals surface area contributed by atoms with Crippen molar-refractivity contribution in [2.45, 2.75) is 204 Å². The van der Waals surface area contributed by atoms with E-state index in [1.807, 2.05) is 0 Å². The van der Waals surface area contributed by atoms with Crippen LogP contribution >= 0.6 is 7.82 Å². The SMILES string of the molecule is CCC/C=C\C/C=C\CCCCCCCC(=O)OCC(COP(=O)(O)OC1C(O)C(O)C(O)C(O)C1O)OC(=O)CCCCCCC/C=C\C/C=C\CCCCCC. The zero-order valence-electron chi connectivity index (χ0n) is 35.3. The van der Waals surface area contributed by atoms with Crippen LogP contribution < -0.4 is 0 Å². The molecule has 0 radical (unpaired) electrons. The number of rotatable bonds is 35. The van der Waals surface area contributed by atoms with Gasteiger partial charge in [0.2, 0.25) is 0 Å². The number of phosphoric ester groups is 1. The zero-order chi connectivity index (χ0) is 42.9. The van der Waals surface area contributed by atoms with Crippen LogP contribution in [-0.4, -0.2) is 98.3 Å². The lowest BCUT2D eigenvalue weighted by Crippen LogP contribution is -2.64. The van der Waals surface area contributed by atoms with Crippen molar-refractivity contribution in [1.82, 2.24) is 0 Å². The molecule has 6 N–H and O–H groups in total. The molecule has 0 amide bonds. The molecule has 336 valence electrons. The van der Waals surface area contributed by atoms with Crippen molar-refractivity contribution in [2.75, 3.05) is 13.2 Å². The minimum atomic E-state index is -5.12. The average Bonchev–Trinajstić information content (AvgIpc) is 3.20. The monoisotopic (exact) mass is 845 g/mol. The van der Waals surface area contributed by atoms with E-state index in [0.29, 0.717) is 12.8 Å². The number of aliphatic hydroxyl groups is 5. The normalized spacial score (nSPS) is 23.0. The van der Waals surface area contributed by atoms with Crippen molar-refractivity contribution in [1.29, 1.82) is 0 Å². The Morgan fingerprint density at radius 2 is 0.966 bits per heavy atom. The highest BCUT2D eigenvalue weighted by molar-refractivity contribution is 7.47. The number of carbonyl (C=O) groups is 2. The molecule has 0 aromatic heterocycles. The number of unbranched alkanes of at least 4 members (excludes halogenated alkanes) is 15.